The second kappa shape index (κ2) is 7.26. The number of carboxylic acid groups (broad SMARTS) is 1. The molecule has 0 aliphatic carbocycles. The number of nitrogens with zero attached hydrogens (tertiary/aromatic N) is 1. The van der Waals surface area contributed by atoms with Crippen LogP contribution in [0, 0.1) is 0 Å². The van der Waals surface area contributed by atoms with E-state index >= 15 is 0 Å². The molecular formula is C11H21NO3. The van der Waals surface area contributed by atoms with Gasteiger partial charge in [0.25, 0.3) is 0 Å². The smallest absolute Gasteiger partial charge is 0.303 e. The summed E-state index contributed by atoms with van der Waals surface area (Å²) in [4.78, 5) is 23.7. The minimum Gasteiger partial charge on any atom is -0.481 e. The van der Waals surface area contributed by atoms with E-state index in [0.29, 0.717) is 19.4 Å². The second-order valence-electron chi connectivity index (χ2n) is 3.93. The van der Waals surface area contributed by atoms with Gasteiger partial charge >= 0.3 is 5.97 Å². The highest BCUT2D eigenvalue weighted by atomic mass is 16.4. The van der Waals surface area contributed by atoms with E-state index in [1.54, 1.807) is 4.90 Å². The first-order chi connectivity index (χ1) is 6.99. The molecule has 0 aromatic carbocycles. The first kappa shape index (κ1) is 13.9. The van der Waals surface area contributed by atoms with E-state index in [2.05, 4.69) is 0 Å². The summed E-state index contributed by atoms with van der Waals surface area (Å²) in [6, 6.07) is 0.151. The van der Waals surface area contributed by atoms with Gasteiger partial charge in [0, 0.05) is 25.4 Å². The lowest BCUT2D eigenvalue weighted by Crippen LogP contribution is -2.37. The Morgan fingerprint density at radius 2 is 1.87 bits per heavy atom. The monoisotopic (exact) mass is 215 g/mol. The molecule has 4 nitrogen and oxygen atoms in total. The van der Waals surface area contributed by atoms with Crippen molar-refractivity contribution in [3.05, 3.63) is 0 Å². The molecule has 1 amide bonds. The molecule has 1 N–H and O–H groups in total. The normalized spacial score (nSPS) is 10.4. The molecule has 0 saturated heterocycles. The lowest BCUT2D eigenvalue weighted by molar-refractivity contribution is -0.138. The number of carbonyl (C=O) groups is 2. The highest BCUT2D eigenvalue weighted by Crippen LogP contribution is 2.06. The molecule has 0 aliphatic heterocycles. The Balaban J connectivity index is 4.04. The van der Waals surface area contributed by atoms with Gasteiger partial charge in [0.2, 0.25) is 5.91 Å². The first-order valence-corrected chi connectivity index (χ1v) is 5.50. The molecule has 88 valence electrons. The molecule has 0 aromatic rings. The van der Waals surface area contributed by atoms with Gasteiger partial charge in [0.15, 0.2) is 0 Å². The number of carboxylic acids is 1. The van der Waals surface area contributed by atoms with Crippen LogP contribution >= 0.6 is 0 Å². The lowest BCUT2D eigenvalue weighted by Gasteiger charge is -2.26. The van der Waals surface area contributed by atoms with Crippen molar-refractivity contribution < 1.29 is 14.7 Å². The minimum atomic E-state index is -0.804. The maximum absolute atomic E-state index is 11.6. The van der Waals surface area contributed by atoms with Crippen LogP contribution in [0.1, 0.15) is 46.5 Å². The van der Waals surface area contributed by atoms with E-state index in [0.717, 1.165) is 6.42 Å². The maximum Gasteiger partial charge on any atom is 0.303 e. The van der Waals surface area contributed by atoms with E-state index in [9.17, 15) is 9.59 Å². The van der Waals surface area contributed by atoms with Crippen LogP contribution < -0.4 is 0 Å². The summed E-state index contributed by atoms with van der Waals surface area (Å²) < 4.78 is 0. The van der Waals surface area contributed by atoms with Crippen molar-refractivity contribution in [2.45, 2.75) is 52.5 Å². The zero-order valence-corrected chi connectivity index (χ0v) is 9.82. The van der Waals surface area contributed by atoms with Crippen molar-refractivity contribution in [3.63, 3.8) is 0 Å². The van der Waals surface area contributed by atoms with Crippen LogP contribution in [0.25, 0.3) is 0 Å². The topological polar surface area (TPSA) is 57.6 Å². The fourth-order valence-electron chi connectivity index (χ4n) is 1.43. The van der Waals surface area contributed by atoms with Crippen molar-refractivity contribution in [2.75, 3.05) is 6.54 Å². The molecule has 0 fully saturated rings. The van der Waals surface area contributed by atoms with Gasteiger partial charge in [0.1, 0.15) is 0 Å². The van der Waals surface area contributed by atoms with Crippen LogP contribution in [0.3, 0.4) is 0 Å². The second-order valence-corrected chi connectivity index (χ2v) is 3.93. The molecule has 0 saturated carbocycles. The third kappa shape index (κ3) is 6.10. The Morgan fingerprint density at radius 3 is 2.27 bits per heavy atom. The van der Waals surface area contributed by atoms with Crippen molar-refractivity contribution in [2.24, 2.45) is 0 Å². The molecule has 4 heteroatoms. The van der Waals surface area contributed by atoms with E-state index in [1.165, 1.54) is 0 Å². The van der Waals surface area contributed by atoms with Crippen molar-refractivity contribution in [3.8, 4) is 0 Å². The van der Waals surface area contributed by atoms with E-state index in [1.807, 2.05) is 20.8 Å². The maximum atomic E-state index is 11.6. The van der Waals surface area contributed by atoms with Crippen LogP contribution in [0.2, 0.25) is 0 Å². The van der Waals surface area contributed by atoms with Gasteiger partial charge in [-0.1, -0.05) is 6.92 Å². The number of hydrogen-bond donors (Lipinski definition) is 1. The Hall–Kier alpha value is -1.06. The number of hydrogen-bond acceptors (Lipinski definition) is 2. The summed E-state index contributed by atoms with van der Waals surface area (Å²) in [5.41, 5.74) is 0. The fourth-order valence-corrected chi connectivity index (χ4v) is 1.43. The number of rotatable bonds is 7. The van der Waals surface area contributed by atoms with Gasteiger partial charge in [-0.3, -0.25) is 9.59 Å². The molecule has 0 radical (unpaired) electrons. The Kier molecular flexibility index (Phi) is 6.75. The van der Waals surface area contributed by atoms with Crippen molar-refractivity contribution in [1.29, 1.82) is 0 Å². The van der Waals surface area contributed by atoms with E-state index in [4.69, 9.17) is 5.11 Å². The molecule has 15 heavy (non-hydrogen) atoms. The van der Waals surface area contributed by atoms with Crippen LogP contribution in [0.4, 0.5) is 0 Å². The van der Waals surface area contributed by atoms with Gasteiger partial charge in [-0.25, -0.2) is 0 Å². The summed E-state index contributed by atoms with van der Waals surface area (Å²) in [5, 5.41) is 8.50. The first-order valence-electron chi connectivity index (χ1n) is 5.50. The summed E-state index contributed by atoms with van der Waals surface area (Å²) in [7, 11) is 0. The quantitative estimate of drug-likeness (QED) is 0.705. The molecule has 0 unspecified atom stereocenters. The molecule has 0 aliphatic rings. The van der Waals surface area contributed by atoms with E-state index < -0.39 is 5.97 Å². The highest BCUT2D eigenvalue weighted by molar-refractivity contribution is 5.76. The zero-order chi connectivity index (χ0) is 11.8. The Morgan fingerprint density at radius 1 is 1.27 bits per heavy atom. The largest absolute Gasteiger partial charge is 0.481 e. The van der Waals surface area contributed by atoms with Crippen LogP contribution in [0.5, 0.6) is 0 Å². The van der Waals surface area contributed by atoms with Crippen molar-refractivity contribution >= 4 is 11.9 Å². The van der Waals surface area contributed by atoms with Gasteiger partial charge in [0.05, 0.1) is 0 Å². The third-order valence-electron chi connectivity index (χ3n) is 2.20. The van der Waals surface area contributed by atoms with Crippen LogP contribution in [-0.4, -0.2) is 34.5 Å². The summed E-state index contributed by atoms with van der Waals surface area (Å²) in [6.07, 6.45) is 2.04. The van der Waals surface area contributed by atoms with Crippen LogP contribution in [-0.2, 0) is 9.59 Å². The Labute approximate surface area is 91.3 Å². The average Bonchev–Trinajstić information content (AvgIpc) is 2.11. The predicted octanol–water partition coefficient (Wildman–Crippen LogP) is 1.89. The Bertz CT molecular complexity index is 214. The SMILES string of the molecule is CCCC(=O)N(CCCC(=O)O)C(C)C. The third-order valence-corrected chi connectivity index (χ3v) is 2.20. The molecule has 0 atom stereocenters. The van der Waals surface area contributed by atoms with Gasteiger partial charge in [-0.05, 0) is 26.7 Å². The summed E-state index contributed by atoms with van der Waals surface area (Å²) in [6.45, 7) is 6.42. The van der Waals surface area contributed by atoms with E-state index in [-0.39, 0.29) is 18.4 Å². The summed E-state index contributed by atoms with van der Waals surface area (Å²) in [5.74, 6) is -0.681. The van der Waals surface area contributed by atoms with Gasteiger partial charge < -0.3 is 10.0 Å². The number of carbonyl (C=O) groups excluding carboxylic acids is 1. The molecule has 0 rings (SSSR count). The summed E-state index contributed by atoms with van der Waals surface area (Å²) >= 11 is 0. The fraction of sp³-hybridized carbons (Fsp3) is 0.818. The molecule has 0 spiro atoms. The predicted molar refractivity (Wildman–Crippen MR) is 58.6 cm³/mol. The molecule has 0 bridgehead atoms. The molecule has 0 aromatic heterocycles. The molecular weight excluding hydrogens is 194 g/mol. The number of amides is 1. The van der Waals surface area contributed by atoms with Crippen LogP contribution in [0.15, 0.2) is 0 Å². The lowest BCUT2D eigenvalue weighted by atomic mass is 10.2. The zero-order valence-electron chi connectivity index (χ0n) is 9.82. The minimum absolute atomic E-state index is 0.123. The van der Waals surface area contributed by atoms with Crippen molar-refractivity contribution in [1.82, 2.24) is 4.90 Å². The number of aliphatic carboxylic acids is 1. The molecule has 0 heterocycles. The highest BCUT2D eigenvalue weighted by Gasteiger charge is 2.15. The average molecular weight is 215 g/mol. The van der Waals surface area contributed by atoms with Gasteiger partial charge in [-0.15, -0.1) is 0 Å². The standard InChI is InChI=1S/C11H21NO3/c1-4-6-10(13)12(9(2)3)8-5-7-11(14)15/h9H,4-8H2,1-3H3,(H,14,15). The van der Waals surface area contributed by atoms with Gasteiger partial charge in [-0.2, -0.15) is 0 Å².